The van der Waals surface area contributed by atoms with E-state index in [2.05, 4.69) is 10.3 Å². The van der Waals surface area contributed by atoms with Gasteiger partial charge < -0.3 is 15.5 Å². The van der Waals surface area contributed by atoms with E-state index in [4.69, 9.17) is 5.11 Å². The van der Waals surface area contributed by atoms with Crippen LogP contribution < -0.4 is 5.32 Å². The van der Waals surface area contributed by atoms with Crippen LogP contribution in [0.2, 0.25) is 0 Å². The Morgan fingerprint density at radius 3 is 2.50 bits per heavy atom. The summed E-state index contributed by atoms with van der Waals surface area (Å²) in [5.74, 6) is -1.33. The van der Waals surface area contributed by atoms with E-state index in [1.807, 2.05) is 0 Å². The fraction of sp³-hybridized carbons (Fsp3) is 0.417. The number of aromatic nitrogens is 1. The van der Waals surface area contributed by atoms with Gasteiger partial charge in [0.1, 0.15) is 0 Å². The third-order valence-corrected chi connectivity index (χ3v) is 2.58. The number of rotatable bonds is 6. The molecule has 0 aliphatic heterocycles. The standard InChI is InChI=1S/C12H16N2O4/c1-12(8-15,6-10(16)17)7-14-11(18)9-2-4-13-5-3-9/h2-5,15H,6-8H2,1H3,(H,14,18)(H,16,17). The molecule has 1 aromatic heterocycles. The summed E-state index contributed by atoms with van der Waals surface area (Å²) in [7, 11) is 0. The monoisotopic (exact) mass is 252 g/mol. The molecule has 0 spiro atoms. The number of nitrogens with one attached hydrogen (secondary N) is 1. The van der Waals surface area contributed by atoms with Gasteiger partial charge in [-0.05, 0) is 12.1 Å². The lowest BCUT2D eigenvalue weighted by atomic mass is 9.87. The molecular weight excluding hydrogens is 236 g/mol. The summed E-state index contributed by atoms with van der Waals surface area (Å²) >= 11 is 0. The number of carbonyl (C=O) groups is 2. The Bertz CT molecular complexity index is 421. The highest BCUT2D eigenvalue weighted by atomic mass is 16.4. The van der Waals surface area contributed by atoms with Gasteiger partial charge in [0.2, 0.25) is 0 Å². The Morgan fingerprint density at radius 1 is 1.39 bits per heavy atom. The number of aliphatic hydroxyl groups is 1. The zero-order chi connectivity index (χ0) is 13.6. The molecule has 6 nitrogen and oxygen atoms in total. The van der Waals surface area contributed by atoms with Crippen LogP contribution in [0.5, 0.6) is 0 Å². The van der Waals surface area contributed by atoms with Crippen LogP contribution in [0, 0.1) is 5.41 Å². The summed E-state index contributed by atoms with van der Waals surface area (Å²) in [4.78, 5) is 26.2. The molecule has 1 aromatic rings. The molecule has 1 unspecified atom stereocenters. The number of hydrogen-bond acceptors (Lipinski definition) is 4. The molecule has 0 radical (unpaired) electrons. The van der Waals surface area contributed by atoms with Crippen LogP contribution in [0.3, 0.4) is 0 Å². The molecule has 1 atom stereocenters. The number of pyridine rings is 1. The smallest absolute Gasteiger partial charge is 0.304 e. The second-order valence-electron chi connectivity index (χ2n) is 4.46. The molecule has 6 heteroatoms. The largest absolute Gasteiger partial charge is 0.481 e. The van der Waals surface area contributed by atoms with Crippen molar-refractivity contribution in [2.24, 2.45) is 5.41 Å². The third-order valence-electron chi connectivity index (χ3n) is 2.58. The summed E-state index contributed by atoms with van der Waals surface area (Å²) in [5.41, 5.74) is -0.422. The summed E-state index contributed by atoms with van der Waals surface area (Å²) in [6.45, 7) is 1.39. The predicted octanol–water partition coefficient (Wildman–Crippen LogP) is 0.285. The van der Waals surface area contributed by atoms with E-state index in [9.17, 15) is 14.7 Å². The van der Waals surface area contributed by atoms with E-state index < -0.39 is 11.4 Å². The van der Waals surface area contributed by atoms with Crippen molar-refractivity contribution in [1.29, 1.82) is 0 Å². The second kappa shape index (κ2) is 6.11. The van der Waals surface area contributed by atoms with E-state index in [0.29, 0.717) is 5.56 Å². The Balaban J connectivity index is 2.58. The molecule has 3 N–H and O–H groups in total. The van der Waals surface area contributed by atoms with E-state index in [0.717, 1.165) is 0 Å². The molecule has 0 saturated heterocycles. The summed E-state index contributed by atoms with van der Waals surface area (Å²) in [6.07, 6.45) is 2.79. The topological polar surface area (TPSA) is 99.5 Å². The number of carboxylic acids is 1. The zero-order valence-electron chi connectivity index (χ0n) is 10.1. The highest BCUT2D eigenvalue weighted by molar-refractivity contribution is 5.94. The number of carbonyl (C=O) groups excluding carboxylic acids is 1. The molecule has 1 amide bonds. The first-order chi connectivity index (χ1) is 8.47. The van der Waals surface area contributed by atoms with Gasteiger partial charge in [-0.3, -0.25) is 14.6 Å². The van der Waals surface area contributed by atoms with Gasteiger partial charge in [-0.15, -0.1) is 0 Å². The van der Waals surface area contributed by atoms with Gasteiger partial charge in [0, 0.05) is 29.9 Å². The molecule has 0 saturated carbocycles. The summed E-state index contributed by atoms with van der Waals surface area (Å²) in [6, 6.07) is 3.12. The maximum atomic E-state index is 11.7. The molecular formula is C12H16N2O4. The minimum absolute atomic E-state index is 0.0942. The van der Waals surface area contributed by atoms with E-state index in [1.54, 1.807) is 19.1 Å². The van der Waals surface area contributed by atoms with Crippen LogP contribution in [0.15, 0.2) is 24.5 Å². The van der Waals surface area contributed by atoms with Crippen molar-refractivity contribution in [2.45, 2.75) is 13.3 Å². The van der Waals surface area contributed by atoms with Crippen molar-refractivity contribution in [3.8, 4) is 0 Å². The zero-order valence-corrected chi connectivity index (χ0v) is 10.1. The molecule has 0 fully saturated rings. The number of aliphatic carboxylic acids is 1. The van der Waals surface area contributed by atoms with E-state index >= 15 is 0 Å². The highest BCUT2D eigenvalue weighted by Crippen LogP contribution is 2.19. The van der Waals surface area contributed by atoms with Crippen molar-refractivity contribution >= 4 is 11.9 Å². The Kier molecular flexibility index (Phi) is 4.79. The van der Waals surface area contributed by atoms with Gasteiger partial charge in [0.05, 0.1) is 13.0 Å². The number of hydrogen-bond donors (Lipinski definition) is 3. The minimum atomic E-state index is -1.01. The minimum Gasteiger partial charge on any atom is -0.481 e. The predicted molar refractivity (Wildman–Crippen MR) is 64.0 cm³/mol. The first-order valence-corrected chi connectivity index (χ1v) is 5.48. The first kappa shape index (κ1) is 14.1. The average Bonchev–Trinajstić information content (AvgIpc) is 2.36. The maximum absolute atomic E-state index is 11.7. The molecule has 18 heavy (non-hydrogen) atoms. The maximum Gasteiger partial charge on any atom is 0.304 e. The lowest BCUT2D eigenvalue weighted by Gasteiger charge is -2.25. The van der Waals surface area contributed by atoms with E-state index in [-0.39, 0.29) is 25.5 Å². The Labute approximate surface area is 105 Å². The number of amides is 1. The van der Waals surface area contributed by atoms with Crippen molar-refractivity contribution < 1.29 is 19.8 Å². The van der Waals surface area contributed by atoms with Gasteiger partial charge >= 0.3 is 5.97 Å². The summed E-state index contributed by atoms with van der Waals surface area (Å²) in [5, 5.41) is 20.5. The van der Waals surface area contributed by atoms with Gasteiger partial charge in [0.15, 0.2) is 0 Å². The molecule has 0 aromatic carbocycles. The molecule has 1 heterocycles. The Morgan fingerprint density at radius 2 is 2.00 bits per heavy atom. The van der Waals surface area contributed by atoms with Crippen molar-refractivity contribution in [2.75, 3.05) is 13.2 Å². The average molecular weight is 252 g/mol. The van der Waals surface area contributed by atoms with Crippen molar-refractivity contribution in [3.63, 3.8) is 0 Å². The summed E-state index contributed by atoms with van der Waals surface area (Å²) < 4.78 is 0. The van der Waals surface area contributed by atoms with Crippen LogP contribution in [0.4, 0.5) is 0 Å². The highest BCUT2D eigenvalue weighted by Gasteiger charge is 2.27. The van der Waals surface area contributed by atoms with Gasteiger partial charge in [-0.1, -0.05) is 6.92 Å². The lowest BCUT2D eigenvalue weighted by Crippen LogP contribution is -2.39. The molecule has 0 aliphatic carbocycles. The number of carboxylic acid groups (broad SMARTS) is 1. The van der Waals surface area contributed by atoms with Crippen LogP contribution >= 0.6 is 0 Å². The fourth-order valence-corrected chi connectivity index (χ4v) is 1.44. The van der Waals surface area contributed by atoms with E-state index in [1.165, 1.54) is 12.4 Å². The number of aliphatic hydroxyl groups excluding tert-OH is 1. The van der Waals surface area contributed by atoms with Crippen molar-refractivity contribution in [3.05, 3.63) is 30.1 Å². The van der Waals surface area contributed by atoms with Crippen LogP contribution in [-0.2, 0) is 4.79 Å². The second-order valence-corrected chi connectivity index (χ2v) is 4.46. The fourth-order valence-electron chi connectivity index (χ4n) is 1.44. The first-order valence-electron chi connectivity index (χ1n) is 5.48. The molecule has 0 aliphatic rings. The molecule has 1 rings (SSSR count). The quantitative estimate of drug-likeness (QED) is 0.675. The Hall–Kier alpha value is -1.95. The molecule has 98 valence electrons. The van der Waals surface area contributed by atoms with Gasteiger partial charge in [0.25, 0.3) is 5.91 Å². The van der Waals surface area contributed by atoms with Gasteiger partial charge in [-0.2, -0.15) is 0 Å². The SMILES string of the molecule is CC(CO)(CNC(=O)c1ccncc1)CC(=O)O. The van der Waals surface area contributed by atoms with Crippen molar-refractivity contribution in [1.82, 2.24) is 10.3 Å². The van der Waals surface area contributed by atoms with Crippen LogP contribution in [-0.4, -0.2) is 40.2 Å². The number of nitrogens with zero attached hydrogens (tertiary/aromatic N) is 1. The third kappa shape index (κ3) is 4.14. The normalized spacial score (nSPS) is 13.7. The van der Waals surface area contributed by atoms with Crippen LogP contribution in [0.1, 0.15) is 23.7 Å². The van der Waals surface area contributed by atoms with Gasteiger partial charge in [-0.25, -0.2) is 0 Å². The van der Waals surface area contributed by atoms with Crippen LogP contribution in [0.25, 0.3) is 0 Å². The molecule has 0 bridgehead atoms. The lowest BCUT2D eigenvalue weighted by molar-refractivity contribution is -0.140.